The van der Waals surface area contributed by atoms with Crippen LogP contribution in [0, 0.1) is 0 Å². The summed E-state index contributed by atoms with van der Waals surface area (Å²) in [5.74, 6) is 0.134. The van der Waals surface area contributed by atoms with Gasteiger partial charge in [-0.15, -0.1) is 0 Å². The van der Waals surface area contributed by atoms with Crippen molar-refractivity contribution in [3.8, 4) is 5.75 Å². The summed E-state index contributed by atoms with van der Waals surface area (Å²) in [7, 11) is -2.14. The van der Waals surface area contributed by atoms with Crippen LogP contribution < -0.4 is 4.74 Å². The number of ether oxygens (including phenoxy) is 1. The zero-order valence-corrected chi connectivity index (χ0v) is 10.5. The standard InChI is InChI=1S/C11H13FO4S/c1-11(12,7-13)9-6-8(17(3,14)15)4-5-10(9)16-2/h4-7H,1-3H3. The molecule has 0 bridgehead atoms. The van der Waals surface area contributed by atoms with E-state index in [1.807, 2.05) is 0 Å². The van der Waals surface area contributed by atoms with Crippen molar-refractivity contribution in [3.63, 3.8) is 0 Å². The van der Waals surface area contributed by atoms with Crippen molar-refractivity contribution in [2.24, 2.45) is 0 Å². The summed E-state index contributed by atoms with van der Waals surface area (Å²) in [6.07, 6.45) is 1.12. The lowest BCUT2D eigenvalue weighted by molar-refractivity contribution is -0.117. The molecule has 1 aromatic carbocycles. The minimum Gasteiger partial charge on any atom is -0.496 e. The predicted octanol–water partition coefficient (Wildman–Crippen LogP) is 1.48. The van der Waals surface area contributed by atoms with Gasteiger partial charge in [-0.3, -0.25) is 4.79 Å². The smallest absolute Gasteiger partial charge is 0.191 e. The van der Waals surface area contributed by atoms with Crippen LogP contribution in [-0.2, 0) is 20.3 Å². The van der Waals surface area contributed by atoms with Crippen LogP contribution >= 0.6 is 0 Å². The van der Waals surface area contributed by atoms with Crippen molar-refractivity contribution in [1.82, 2.24) is 0 Å². The molecule has 0 saturated carbocycles. The highest BCUT2D eigenvalue weighted by molar-refractivity contribution is 7.90. The Bertz CT molecular complexity index is 534. The molecule has 0 amide bonds. The molecule has 0 radical (unpaired) electrons. The lowest BCUT2D eigenvalue weighted by Gasteiger charge is -2.17. The number of hydrogen-bond donors (Lipinski definition) is 0. The molecular formula is C11H13FO4S. The molecule has 1 atom stereocenters. The van der Waals surface area contributed by atoms with Gasteiger partial charge in [0.05, 0.1) is 12.0 Å². The van der Waals surface area contributed by atoms with Gasteiger partial charge in [0.25, 0.3) is 0 Å². The van der Waals surface area contributed by atoms with Gasteiger partial charge in [-0.2, -0.15) is 0 Å². The normalized spacial score (nSPS) is 15.1. The molecule has 1 unspecified atom stereocenters. The summed E-state index contributed by atoms with van der Waals surface area (Å²) < 4.78 is 41.5. The lowest BCUT2D eigenvalue weighted by Crippen LogP contribution is -2.18. The number of carbonyl (C=O) groups excluding carboxylic acids is 1. The Morgan fingerprint density at radius 2 is 2.00 bits per heavy atom. The number of carbonyl (C=O) groups is 1. The quantitative estimate of drug-likeness (QED) is 0.769. The number of hydrogen-bond acceptors (Lipinski definition) is 4. The van der Waals surface area contributed by atoms with E-state index < -0.39 is 15.5 Å². The average molecular weight is 260 g/mol. The van der Waals surface area contributed by atoms with Crippen molar-refractivity contribution in [1.29, 1.82) is 0 Å². The largest absolute Gasteiger partial charge is 0.496 e. The molecule has 0 aliphatic heterocycles. The van der Waals surface area contributed by atoms with Crippen LogP contribution in [0.3, 0.4) is 0 Å². The van der Waals surface area contributed by atoms with Gasteiger partial charge in [-0.1, -0.05) is 0 Å². The zero-order chi connectivity index (χ0) is 13.3. The minimum atomic E-state index is -3.46. The van der Waals surface area contributed by atoms with E-state index in [1.165, 1.54) is 19.2 Å². The SMILES string of the molecule is COc1ccc(S(C)(=O)=O)cc1C(C)(F)C=O. The van der Waals surface area contributed by atoms with Crippen molar-refractivity contribution in [2.45, 2.75) is 17.5 Å². The Morgan fingerprint density at radius 3 is 2.41 bits per heavy atom. The van der Waals surface area contributed by atoms with Crippen molar-refractivity contribution < 1.29 is 22.3 Å². The molecule has 0 N–H and O–H groups in total. The maximum atomic E-state index is 13.9. The first-order valence-corrected chi connectivity index (χ1v) is 6.65. The lowest BCUT2D eigenvalue weighted by atomic mass is 9.98. The highest BCUT2D eigenvalue weighted by Crippen LogP contribution is 2.33. The molecule has 94 valence electrons. The number of aldehydes is 1. The van der Waals surface area contributed by atoms with Gasteiger partial charge in [0.15, 0.2) is 21.8 Å². The monoisotopic (exact) mass is 260 g/mol. The van der Waals surface area contributed by atoms with E-state index in [0.717, 1.165) is 19.2 Å². The Labute approximate surface area is 99.3 Å². The molecule has 6 heteroatoms. The third-order valence-corrected chi connectivity index (χ3v) is 3.46. The van der Waals surface area contributed by atoms with Crippen LogP contribution in [0.4, 0.5) is 4.39 Å². The van der Waals surface area contributed by atoms with Gasteiger partial charge in [0.2, 0.25) is 0 Å². The summed E-state index contributed by atoms with van der Waals surface area (Å²) in [4.78, 5) is 10.6. The molecule has 4 nitrogen and oxygen atoms in total. The van der Waals surface area contributed by atoms with Crippen molar-refractivity contribution in [2.75, 3.05) is 13.4 Å². The van der Waals surface area contributed by atoms with Gasteiger partial charge in [0, 0.05) is 11.8 Å². The third kappa shape index (κ3) is 2.82. The van der Waals surface area contributed by atoms with Crippen LogP contribution in [0.2, 0.25) is 0 Å². The summed E-state index contributed by atoms with van der Waals surface area (Å²) in [6.45, 7) is 1.05. The Morgan fingerprint density at radius 1 is 1.41 bits per heavy atom. The third-order valence-electron chi connectivity index (χ3n) is 2.35. The molecule has 0 aliphatic carbocycles. The second kappa shape index (κ2) is 4.44. The Balaban J connectivity index is 3.51. The van der Waals surface area contributed by atoms with Gasteiger partial charge in [-0.25, -0.2) is 12.8 Å². The maximum absolute atomic E-state index is 13.9. The first-order chi connectivity index (χ1) is 7.72. The number of alkyl halides is 1. The second-order valence-corrected chi connectivity index (χ2v) is 5.84. The fourth-order valence-corrected chi connectivity index (χ4v) is 2.01. The molecule has 0 aromatic heterocycles. The number of benzene rings is 1. The van der Waals surface area contributed by atoms with E-state index in [-0.39, 0.29) is 22.5 Å². The Hall–Kier alpha value is -1.43. The average Bonchev–Trinajstić information content (AvgIpc) is 2.27. The molecule has 0 saturated heterocycles. The molecule has 17 heavy (non-hydrogen) atoms. The van der Waals surface area contributed by atoms with E-state index in [2.05, 4.69) is 0 Å². The first-order valence-electron chi connectivity index (χ1n) is 4.76. The van der Waals surface area contributed by atoms with Crippen LogP contribution in [0.15, 0.2) is 23.1 Å². The first kappa shape index (κ1) is 13.6. The van der Waals surface area contributed by atoms with Crippen LogP contribution in [0.1, 0.15) is 12.5 Å². The fraction of sp³-hybridized carbons (Fsp3) is 0.364. The molecule has 1 aromatic rings. The number of rotatable bonds is 4. The van der Waals surface area contributed by atoms with E-state index in [1.54, 1.807) is 0 Å². The predicted molar refractivity (Wildman–Crippen MR) is 60.6 cm³/mol. The van der Waals surface area contributed by atoms with Crippen LogP contribution in [0.25, 0.3) is 0 Å². The maximum Gasteiger partial charge on any atom is 0.191 e. The molecule has 0 spiro atoms. The Kier molecular flexibility index (Phi) is 3.56. The van der Waals surface area contributed by atoms with Gasteiger partial charge in [-0.05, 0) is 25.1 Å². The van der Waals surface area contributed by atoms with E-state index in [9.17, 15) is 17.6 Å². The van der Waals surface area contributed by atoms with Gasteiger partial charge < -0.3 is 4.74 Å². The number of sulfone groups is 1. The number of halogens is 1. The van der Waals surface area contributed by atoms with Gasteiger partial charge >= 0.3 is 0 Å². The minimum absolute atomic E-state index is 0.0565. The molecule has 0 fully saturated rings. The van der Waals surface area contributed by atoms with Crippen LogP contribution in [-0.4, -0.2) is 28.1 Å². The molecular weight excluding hydrogens is 247 g/mol. The highest BCUT2D eigenvalue weighted by Gasteiger charge is 2.30. The number of methoxy groups -OCH3 is 1. The van der Waals surface area contributed by atoms with E-state index in [4.69, 9.17) is 4.74 Å². The molecule has 0 heterocycles. The van der Waals surface area contributed by atoms with Crippen LogP contribution in [0.5, 0.6) is 5.75 Å². The highest BCUT2D eigenvalue weighted by atomic mass is 32.2. The summed E-state index contributed by atoms with van der Waals surface area (Å²) in [6, 6.07) is 3.74. The van der Waals surface area contributed by atoms with Crippen molar-refractivity contribution >= 4 is 16.1 Å². The zero-order valence-electron chi connectivity index (χ0n) is 9.73. The fourth-order valence-electron chi connectivity index (χ4n) is 1.36. The van der Waals surface area contributed by atoms with E-state index >= 15 is 0 Å². The topological polar surface area (TPSA) is 60.4 Å². The molecule has 0 aliphatic rings. The van der Waals surface area contributed by atoms with Gasteiger partial charge in [0.1, 0.15) is 5.75 Å². The second-order valence-electron chi connectivity index (χ2n) is 3.83. The van der Waals surface area contributed by atoms with E-state index in [0.29, 0.717) is 0 Å². The summed E-state index contributed by atoms with van der Waals surface area (Å²) in [5, 5.41) is 0. The molecule has 1 rings (SSSR count). The van der Waals surface area contributed by atoms with Crippen molar-refractivity contribution in [3.05, 3.63) is 23.8 Å². The summed E-state index contributed by atoms with van der Waals surface area (Å²) >= 11 is 0. The summed E-state index contributed by atoms with van der Waals surface area (Å²) in [5.41, 5.74) is -2.38.